The van der Waals surface area contributed by atoms with Gasteiger partial charge < -0.3 is 5.32 Å². The topological polar surface area (TPSA) is 29.9 Å². The van der Waals surface area contributed by atoms with E-state index in [0.29, 0.717) is 5.92 Å². The van der Waals surface area contributed by atoms with E-state index in [1.54, 1.807) is 0 Å². The van der Waals surface area contributed by atoms with Crippen LogP contribution in [-0.2, 0) is 6.54 Å². The number of nitrogens with one attached hydrogen (secondary N) is 1. The maximum absolute atomic E-state index is 4.16. The van der Waals surface area contributed by atoms with Gasteiger partial charge in [-0.05, 0) is 5.92 Å². The van der Waals surface area contributed by atoms with E-state index >= 15 is 0 Å². The molecule has 3 heteroatoms. The highest BCUT2D eigenvalue weighted by molar-refractivity contribution is 5.35. The summed E-state index contributed by atoms with van der Waals surface area (Å²) in [5.74, 6) is 1.85. The Balaban J connectivity index is 2.30. The lowest BCUT2D eigenvalue weighted by Gasteiger charge is -2.21. The fraction of sp³-hybridized carbons (Fsp3) is 0.571. The van der Waals surface area contributed by atoms with Crippen LogP contribution in [0.3, 0.4) is 0 Å². The summed E-state index contributed by atoms with van der Waals surface area (Å²) in [6.45, 7) is 4.35. The largest absolute Gasteiger partial charge is 0.370 e. The summed E-state index contributed by atoms with van der Waals surface area (Å²) < 4.78 is 2.01. The van der Waals surface area contributed by atoms with Gasteiger partial charge in [0, 0.05) is 19.2 Å². The van der Waals surface area contributed by atoms with Crippen molar-refractivity contribution in [3.05, 3.63) is 12.3 Å². The van der Waals surface area contributed by atoms with Crippen LogP contribution in [0.2, 0.25) is 0 Å². The van der Waals surface area contributed by atoms with Gasteiger partial charge >= 0.3 is 0 Å². The Labute approximate surface area is 60.0 Å². The van der Waals surface area contributed by atoms with Crippen molar-refractivity contribution in [1.82, 2.24) is 9.78 Å². The molecule has 1 aliphatic heterocycles. The van der Waals surface area contributed by atoms with Crippen LogP contribution in [-0.4, -0.2) is 16.3 Å². The molecule has 0 spiro atoms. The van der Waals surface area contributed by atoms with Crippen LogP contribution in [0.25, 0.3) is 0 Å². The Morgan fingerprint density at radius 2 is 2.70 bits per heavy atom. The van der Waals surface area contributed by atoms with E-state index in [9.17, 15) is 0 Å². The first-order valence-electron chi connectivity index (χ1n) is 3.62. The molecule has 0 amide bonds. The van der Waals surface area contributed by atoms with Gasteiger partial charge in [-0.3, -0.25) is 0 Å². The van der Waals surface area contributed by atoms with Crippen LogP contribution in [0.5, 0.6) is 0 Å². The molecule has 0 bridgehead atoms. The van der Waals surface area contributed by atoms with Crippen molar-refractivity contribution in [2.45, 2.75) is 13.5 Å². The van der Waals surface area contributed by atoms with Crippen LogP contribution < -0.4 is 5.32 Å². The van der Waals surface area contributed by atoms with Gasteiger partial charge in [0.25, 0.3) is 0 Å². The Morgan fingerprint density at radius 3 is 3.60 bits per heavy atom. The van der Waals surface area contributed by atoms with Crippen LogP contribution in [0.1, 0.15) is 6.92 Å². The van der Waals surface area contributed by atoms with Crippen LogP contribution >= 0.6 is 0 Å². The molecule has 0 fully saturated rings. The summed E-state index contributed by atoms with van der Waals surface area (Å²) in [5, 5.41) is 7.45. The molecular weight excluding hydrogens is 126 g/mol. The zero-order chi connectivity index (χ0) is 6.97. The molecule has 1 unspecified atom stereocenters. The molecule has 54 valence electrons. The predicted molar refractivity (Wildman–Crippen MR) is 39.9 cm³/mol. The minimum absolute atomic E-state index is 0.701. The third kappa shape index (κ3) is 0.781. The first-order chi connectivity index (χ1) is 4.86. The van der Waals surface area contributed by atoms with Gasteiger partial charge in [0.15, 0.2) is 0 Å². The molecule has 0 radical (unpaired) electrons. The number of fused-ring (bicyclic) bond motifs is 1. The standard InChI is InChI=1S/C7H11N3/c1-6-4-8-7-2-3-9-10(7)5-6/h2-3,6,8H,4-5H2,1H3. The fourth-order valence-electron chi connectivity index (χ4n) is 1.27. The van der Waals surface area contributed by atoms with Crippen molar-refractivity contribution >= 4 is 5.82 Å². The van der Waals surface area contributed by atoms with Gasteiger partial charge in [-0.15, -0.1) is 0 Å². The lowest BCUT2D eigenvalue weighted by atomic mass is 10.1. The minimum Gasteiger partial charge on any atom is -0.370 e. The van der Waals surface area contributed by atoms with Gasteiger partial charge in [0.1, 0.15) is 5.82 Å². The number of rotatable bonds is 0. The average molecular weight is 137 g/mol. The first kappa shape index (κ1) is 5.77. The smallest absolute Gasteiger partial charge is 0.124 e. The normalized spacial score (nSPS) is 23.5. The highest BCUT2D eigenvalue weighted by Gasteiger charge is 2.12. The quantitative estimate of drug-likeness (QED) is 0.577. The monoisotopic (exact) mass is 137 g/mol. The van der Waals surface area contributed by atoms with Crippen molar-refractivity contribution in [3.8, 4) is 0 Å². The number of hydrogen-bond acceptors (Lipinski definition) is 2. The van der Waals surface area contributed by atoms with E-state index in [1.165, 1.54) is 0 Å². The molecule has 2 heterocycles. The molecule has 1 aromatic rings. The number of anilines is 1. The van der Waals surface area contributed by atoms with Crippen molar-refractivity contribution in [3.63, 3.8) is 0 Å². The highest BCUT2D eigenvalue weighted by Crippen LogP contribution is 2.14. The molecule has 3 nitrogen and oxygen atoms in total. The second-order valence-electron chi connectivity index (χ2n) is 2.88. The molecule has 10 heavy (non-hydrogen) atoms. The van der Waals surface area contributed by atoms with E-state index in [4.69, 9.17) is 0 Å². The Hall–Kier alpha value is -0.990. The fourth-order valence-corrected chi connectivity index (χ4v) is 1.27. The summed E-state index contributed by atoms with van der Waals surface area (Å²) in [6, 6.07) is 2.01. The maximum atomic E-state index is 4.16. The molecular formula is C7H11N3. The first-order valence-corrected chi connectivity index (χ1v) is 3.62. The lowest BCUT2D eigenvalue weighted by molar-refractivity contribution is 0.445. The van der Waals surface area contributed by atoms with Crippen molar-refractivity contribution in [2.24, 2.45) is 5.92 Å². The third-order valence-corrected chi connectivity index (χ3v) is 1.83. The number of aromatic nitrogens is 2. The average Bonchev–Trinajstić information content (AvgIpc) is 2.33. The molecule has 0 aromatic carbocycles. The highest BCUT2D eigenvalue weighted by atomic mass is 15.3. The number of hydrogen-bond donors (Lipinski definition) is 1. The summed E-state index contributed by atoms with van der Waals surface area (Å²) >= 11 is 0. The maximum Gasteiger partial charge on any atom is 0.124 e. The predicted octanol–water partition coefficient (Wildman–Crippen LogP) is 0.945. The molecule has 1 N–H and O–H groups in total. The van der Waals surface area contributed by atoms with E-state index < -0.39 is 0 Å². The summed E-state index contributed by atoms with van der Waals surface area (Å²) in [5.41, 5.74) is 0. The second kappa shape index (κ2) is 2.01. The van der Waals surface area contributed by atoms with Gasteiger partial charge in [-0.1, -0.05) is 6.92 Å². The van der Waals surface area contributed by atoms with Crippen LogP contribution in [0.4, 0.5) is 5.82 Å². The molecule has 1 aliphatic rings. The molecule has 0 saturated heterocycles. The number of nitrogens with zero attached hydrogens (tertiary/aromatic N) is 2. The summed E-state index contributed by atoms with van der Waals surface area (Å²) in [7, 11) is 0. The van der Waals surface area contributed by atoms with Crippen LogP contribution in [0, 0.1) is 5.92 Å². The minimum atomic E-state index is 0.701. The Kier molecular flexibility index (Phi) is 1.16. The Morgan fingerprint density at radius 1 is 1.80 bits per heavy atom. The lowest BCUT2D eigenvalue weighted by Crippen LogP contribution is -2.25. The summed E-state index contributed by atoms with van der Waals surface area (Å²) in [6.07, 6.45) is 1.83. The van der Waals surface area contributed by atoms with Gasteiger partial charge in [-0.2, -0.15) is 5.10 Å². The van der Waals surface area contributed by atoms with Gasteiger partial charge in [0.2, 0.25) is 0 Å². The molecule has 0 saturated carbocycles. The van der Waals surface area contributed by atoms with Crippen molar-refractivity contribution in [2.75, 3.05) is 11.9 Å². The van der Waals surface area contributed by atoms with Gasteiger partial charge in [0.05, 0.1) is 6.20 Å². The van der Waals surface area contributed by atoms with Gasteiger partial charge in [-0.25, -0.2) is 4.68 Å². The van der Waals surface area contributed by atoms with E-state index in [0.717, 1.165) is 18.9 Å². The second-order valence-corrected chi connectivity index (χ2v) is 2.88. The van der Waals surface area contributed by atoms with E-state index in [2.05, 4.69) is 17.3 Å². The van der Waals surface area contributed by atoms with Crippen LogP contribution in [0.15, 0.2) is 12.3 Å². The van der Waals surface area contributed by atoms with Crippen molar-refractivity contribution < 1.29 is 0 Å². The SMILES string of the molecule is CC1CNc2ccnn2C1. The third-order valence-electron chi connectivity index (χ3n) is 1.83. The van der Waals surface area contributed by atoms with E-state index in [-0.39, 0.29) is 0 Å². The molecule has 1 atom stereocenters. The molecule has 0 aliphatic carbocycles. The zero-order valence-electron chi connectivity index (χ0n) is 6.04. The Bertz CT molecular complexity index is 229. The zero-order valence-corrected chi connectivity index (χ0v) is 6.04. The summed E-state index contributed by atoms with van der Waals surface area (Å²) in [4.78, 5) is 0. The molecule has 2 rings (SSSR count). The molecule has 1 aromatic heterocycles. The van der Waals surface area contributed by atoms with E-state index in [1.807, 2.05) is 16.9 Å². The van der Waals surface area contributed by atoms with Crippen molar-refractivity contribution in [1.29, 1.82) is 0 Å².